The van der Waals surface area contributed by atoms with E-state index >= 15 is 0 Å². The maximum absolute atomic E-state index is 11.6. The molecule has 1 unspecified atom stereocenters. The van der Waals surface area contributed by atoms with Gasteiger partial charge in [0, 0.05) is 23.2 Å². The first-order valence-corrected chi connectivity index (χ1v) is 6.32. The number of carbonyl (C=O) groups excluding carboxylic acids is 2. The molecule has 0 aliphatic carbocycles. The van der Waals surface area contributed by atoms with Gasteiger partial charge < -0.3 is 10.1 Å². The number of imide groups is 1. The number of halogens is 1. The molecule has 0 aliphatic heterocycles. The summed E-state index contributed by atoms with van der Waals surface area (Å²) in [6.07, 6.45) is 0.192. The van der Waals surface area contributed by atoms with Crippen LogP contribution in [0.3, 0.4) is 0 Å². The number of carbonyl (C=O) groups is 2. The van der Waals surface area contributed by atoms with Crippen molar-refractivity contribution in [3.8, 4) is 0 Å². The highest BCUT2D eigenvalue weighted by molar-refractivity contribution is 6.30. The van der Waals surface area contributed by atoms with Gasteiger partial charge in [-0.1, -0.05) is 18.5 Å². The molecule has 1 aromatic rings. The number of nitrogens with one attached hydrogen (secondary N) is 2. The lowest BCUT2D eigenvalue weighted by Crippen LogP contribution is -2.34. The number of methoxy groups -OCH3 is 1. The van der Waals surface area contributed by atoms with E-state index in [-0.39, 0.29) is 18.4 Å². The largest absolute Gasteiger partial charge is 0.453 e. The Bertz CT molecular complexity index is 434. The van der Waals surface area contributed by atoms with Gasteiger partial charge in [-0.3, -0.25) is 10.1 Å². The van der Waals surface area contributed by atoms with Crippen LogP contribution in [0.25, 0.3) is 0 Å². The molecule has 2 amide bonds. The predicted molar refractivity (Wildman–Crippen MR) is 74.3 cm³/mol. The van der Waals surface area contributed by atoms with Gasteiger partial charge in [-0.15, -0.1) is 0 Å². The van der Waals surface area contributed by atoms with Crippen molar-refractivity contribution in [1.82, 2.24) is 5.32 Å². The third-order valence-electron chi connectivity index (χ3n) is 2.57. The van der Waals surface area contributed by atoms with Gasteiger partial charge >= 0.3 is 6.09 Å². The Hall–Kier alpha value is -1.75. The topological polar surface area (TPSA) is 67.4 Å². The first-order chi connectivity index (χ1) is 9.05. The number of anilines is 1. The van der Waals surface area contributed by atoms with E-state index in [0.717, 1.165) is 12.1 Å². The first-order valence-electron chi connectivity index (χ1n) is 5.95. The molecule has 0 aromatic heterocycles. The van der Waals surface area contributed by atoms with Crippen molar-refractivity contribution in [2.24, 2.45) is 0 Å². The van der Waals surface area contributed by atoms with Crippen molar-refractivity contribution in [1.29, 1.82) is 0 Å². The molecule has 0 aliphatic rings. The fraction of sp³-hybridized carbons (Fsp3) is 0.385. The fourth-order valence-electron chi connectivity index (χ4n) is 1.52. The van der Waals surface area contributed by atoms with Crippen molar-refractivity contribution in [3.63, 3.8) is 0 Å². The van der Waals surface area contributed by atoms with E-state index in [2.05, 4.69) is 15.4 Å². The molecule has 0 saturated carbocycles. The second-order valence-electron chi connectivity index (χ2n) is 4.00. The molecule has 0 bridgehead atoms. The van der Waals surface area contributed by atoms with Gasteiger partial charge in [-0.25, -0.2) is 4.79 Å². The van der Waals surface area contributed by atoms with E-state index in [9.17, 15) is 9.59 Å². The standard InChI is InChI=1S/C13H17ClN2O3/c1-3-10(8-12(17)16-13(18)19-2)15-11-6-4-9(14)5-7-11/h4-7,10,15H,3,8H2,1-2H3,(H,16,17,18). The molecule has 1 aromatic carbocycles. The van der Waals surface area contributed by atoms with Crippen LogP contribution in [0.4, 0.5) is 10.5 Å². The summed E-state index contributed by atoms with van der Waals surface area (Å²) in [7, 11) is 1.21. The van der Waals surface area contributed by atoms with Crippen LogP contribution in [-0.4, -0.2) is 25.2 Å². The minimum absolute atomic E-state index is 0.0640. The van der Waals surface area contributed by atoms with Gasteiger partial charge in [0.15, 0.2) is 0 Å². The van der Waals surface area contributed by atoms with Crippen LogP contribution in [0.15, 0.2) is 24.3 Å². The zero-order valence-corrected chi connectivity index (χ0v) is 11.7. The molecule has 0 saturated heterocycles. The lowest BCUT2D eigenvalue weighted by atomic mass is 10.1. The summed E-state index contributed by atoms with van der Waals surface area (Å²) >= 11 is 5.80. The van der Waals surface area contributed by atoms with E-state index in [0.29, 0.717) is 5.02 Å². The van der Waals surface area contributed by atoms with Crippen LogP contribution in [0.1, 0.15) is 19.8 Å². The van der Waals surface area contributed by atoms with E-state index in [1.807, 2.05) is 19.1 Å². The number of ether oxygens (including phenoxy) is 1. The minimum atomic E-state index is -0.744. The van der Waals surface area contributed by atoms with Crippen molar-refractivity contribution < 1.29 is 14.3 Å². The van der Waals surface area contributed by atoms with Crippen LogP contribution in [0, 0.1) is 0 Å². The highest BCUT2D eigenvalue weighted by atomic mass is 35.5. The van der Waals surface area contributed by atoms with Crippen LogP contribution in [0.5, 0.6) is 0 Å². The Morgan fingerprint density at radius 3 is 2.47 bits per heavy atom. The third kappa shape index (κ3) is 5.61. The molecule has 1 atom stereocenters. The van der Waals surface area contributed by atoms with E-state index in [1.54, 1.807) is 12.1 Å². The van der Waals surface area contributed by atoms with Crippen LogP contribution in [-0.2, 0) is 9.53 Å². The Morgan fingerprint density at radius 1 is 1.32 bits per heavy atom. The molecule has 2 N–H and O–H groups in total. The van der Waals surface area contributed by atoms with Crippen LogP contribution >= 0.6 is 11.6 Å². The number of hydrogen-bond acceptors (Lipinski definition) is 4. The molecule has 1 rings (SSSR count). The second kappa shape index (κ2) is 7.63. The van der Waals surface area contributed by atoms with E-state index in [4.69, 9.17) is 11.6 Å². The zero-order chi connectivity index (χ0) is 14.3. The summed E-state index contributed by atoms with van der Waals surface area (Å²) in [4.78, 5) is 22.5. The van der Waals surface area contributed by atoms with Gasteiger partial charge in [-0.05, 0) is 30.7 Å². The molecular weight excluding hydrogens is 268 g/mol. The SMILES string of the molecule is CCC(CC(=O)NC(=O)OC)Nc1ccc(Cl)cc1. The van der Waals surface area contributed by atoms with Gasteiger partial charge in [0.25, 0.3) is 0 Å². The molecule has 5 nitrogen and oxygen atoms in total. The predicted octanol–water partition coefficient (Wildman–Crippen LogP) is 2.80. The van der Waals surface area contributed by atoms with Crippen molar-refractivity contribution in [3.05, 3.63) is 29.3 Å². The highest BCUT2D eigenvalue weighted by Crippen LogP contribution is 2.15. The summed E-state index contributed by atoms with van der Waals surface area (Å²) < 4.78 is 4.36. The van der Waals surface area contributed by atoms with Crippen molar-refractivity contribution >= 4 is 29.3 Å². The van der Waals surface area contributed by atoms with Gasteiger partial charge in [0.05, 0.1) is 7.11 Å². The average molecular weight is 285 g/mol. The molecule has 0 radical (unpaired) electrons. The normalized spacial score (nSPS) is 11.5. The molecular formula is C13H17ClN2O3. The summed E-state index contributed by atoms with van der Waals surface area (Å²) in [5.74, 6) is -0.375. The van der Waals surface area contributed by atoms with Gasteiger partial charge in [-0.2, -0.15) is 0 Å². The number of hydrogen-bond donors (Lipinski definition) is 2. The molecule has 19 heavy (non-hydrogen) atoms. The fourth-order valence-corrected chi connectivity index (χ4v) is 1.64. The Kier molecular flexibility index (Phi) is 6.15. The smallest absolute Gasteiger partial charge is 0.413 e. The summed E-state index contributed by atoms with van der Waals surface area (Å²) in [5, 5.41) is 5.99. The molecule has 6 heteroatoms. The maximum Gasteiger partial charge on any atom is 0.413 e. The number of rotatable bonds is 5. The monoisotopic (exact) mass is 284 g/mol. The summed E-state index contributed by atoms with van der Waals surface area (Å²) in [5.41, 5.74) is 0.877. The third-order valence-corrected chi connectivity index (χ3v) is 2.82. The Balaban J connectivity index is 2.51. The summed E-state index contributed by atoms with van der Waals surface area (Å²) in [6.45, 7) is 1.96. The average Bonchev–Trinajstić information content (AvgIpc) is 2.40. The van der Waals surface area contributed by atoms with Crippen molar-refractivity contribution in [2.75, 3.05) is 12.4 Å². The Labute approximate surface area is 117 Å². The van der Waals surface area contributed by atoms with E-state index in [1.165, 1.54) is 7.11 Å². The Morgan fingerprint density at radius 2 is 1.95 bits per heavy atom. The lowest BCUT2D eigenvalue weighted by Gasteiger charge is -2.17. The molecule has 104 valence electrons. The first kappa shape index (κ1) is 15.3. The quantitative estimate of drug-likeness (QED) is 0.872. The molecule has 0 fully saturated rings. The highest BCUT2D eigenvalue weighted by Gasteiger charge is 2.14. The van der Waals surface area contributed by atoms with Gasteiger partial charge in [0.2, 0.25) is 5.91 Å². The van der Waals surface area contributed by atoms with Crippen molar-refractivity contribution in [2.45, 2.75) is 25.8 Å². The molecule has 0 spiro atoms. The second-order valence-corrected chi connectivity index (χ2v) is 4.44. The minimum Gasteiger partial charge on any atom is -0.453 e. The van der Waals surface area contributed by atoms with Crippen LogP contribution < -0.4 is 10.6 Å². The molecule has 0 heterocycles. The van der Waals surface area contributed by atoms with Gasteiger partial charge in [0.1, 0.15) is 0 Å². The lowest BCUT2D eigenvalue weighted by molar-refractivity contribution is -0.120. The van der Waals surface area contributed by atoms with Crippen LogP contribution in [0.2, 0.25) is 5.02 Å². The number of amides is 2. The zero-order valence-electron chi connectivity index (χ0n) is 10.9. The van der Waals surface area contributed by atoms with E-state index < -0.39 is 6.09 Å². The maximum atomic E-state index is 11.6. The number of alkyl carbamates (subject to hydrolysis) is 1. The number of benzene rings is 1. The summed E-state index contributed by atoms with van der Waals surface area (Å²) in [6, 6.07) is 7.15.